The van der Waals surface area contributed by atoms with Crippen molar-refractivity contribution in [3.63, 3.8) is 0 Å². The smallest absolute Gasteiger partial charge is 0.221 e. The van der Waals surface area contributed by atoms with Crippen LogP contribution in [0.15, 0.2) is 24.3 Å². The molecule has 0 aliphatic carbocycles. The number of nitrogens with one attached hydrogen (secondary N) is 2. The van der Waals surface area contributed by atoms with Crippen LogP contribution in [-0.2, 0) is 4.79 Å². The Morgan fingerprint density at radius 3 is 2.94 bits per heavy atom. The first-order chi connectivity index (χ1) is 8.66. The molecular weight excluding hydrogens is 246 g/mol. The molecule has 0 saturated carbocycles. The molecule has 0 aliphatic heterocycles. The van der Waals surface area contributed by atoms with Gasteiger partial charge in [-0.05, 0) is 37.5 Å². The molecule has 1 aromatic heterocycles. The molecule has 5 heteroatoms. The third-order valence-electron chi connectivity index (χ3n) is 2.47. The van der Waals surface area contributed by atoms with Gasteiger partial charge in [0.2, 0.25) is 5.91 Å². The van der Waals surface area contributed by atoms with Crippen LogP contribution in [0.5, 0.6) is 0 Å². The Morgan fingerprint density at radius 1 is 1.39 bits per heavy atom. The molecule has 4 nitrogen and oxygen atoms in total. The Labute approximate surface area is 111 Å². The van der Waals surface area contributed by atoms with Crippen molar-refractivity contribution in [1.82, 2.24) is 9.69 Å². The molecule has 0 aliphatic rings. The zero-order valence-corrected chi connectivity index (χ0v) is 11.4. The summed E-state index contributed by atoms with van der Waals surface area (Å²) in [6.07, 6.45) is 0.477. The van der Waals surface area contributed by atoms with E-state index >= 15 is 0 Å². The molecular formula is C13H17N3OS. The summed E-state index contributed by atoms with van der Waals surface area (Å²) in [6, 6.07) is 8.19. The first-order valence-electron chi connectivity index (χ1n) is 6.04. The Hall–Kier alpha value is -1.62. The van der Waals surface area contributed by atoms with Gasteiger partial charge in [0.1, 0.15) is 5.00 Å². The third-order valence-corrected chi connectivity index (χ3v) is 3.31. The highest BCUT2D eigenvalue weighted by Crippen LogP contribution is 2.26. The number of carbonyl (C=O) groups excluding carboxylic acids is 1. The number of hydrogen-bond donors (Lipinski definition) is 2. The van der Waals surface area contributed by atoms with E-state index in [1.54, 1.807) is 0 Å². The number of amides is 1. The van der Waals surface area contributed by atoms with E-state index in [0.29, 0.717) is 13.0 Å². The van der Waals surface area contributed by atoms with E-state index in [0.717, 1.165) is 15.9 Å². The van der Waals surface area contributed by atoms with Gasteiger partial charge in [-0.25, -0.2) is 0 Å². The second kappa shape index (κ2) is 5.82. The van der Waals surface area contributed by atoms with E-state index in [4.69, 9.17) is 0 Å². The van der Waals surface area contributed by atoms with E-state index in [-0.39, 0.29) is 11.9 Å². The van der Waals surface area contributed by atoms with Crippen LogP contribution in [0.25, 0.3) is 10.9 Å². The predicted molar refractivity (Wildman–Crippen MR) is 76.0 cm³/mol. The Balaban J connectivity index is 1.89. The lowest BCUT2D eigenvalue weighted by Gasteiger charge is -2.08. The maximum Gasteiger partial charge on any atom is 0.221 e. The zero-order chi connectivity index (χ0) is 13.0. The maximum absolute atomic E-state index is 11.5. The predicted octanol–water partition coefficient (Wildman–Crippen LogP) is 2.62. The molecule has 0 bridgehead atoms. The monoisotopic (exact) mass is 263 g/mol. The lowest BCUT2D eigenvalue weighted by molar-refractivity contribution is -0.121. The molecule has 2 aromatic rings. The van der Waals surface area contributed by atoms with Crippen LogP contribution in [-0.4, -0.2) is 22.9 Å². The van der Waals surface area contributed by atoms with Crippen molar-refractivity contribution in [2.75, 3.05) is 11.9 Å². The van der Waals surface area contributed by atoms with E-state index in [9.17, 15) is 4.79 Å². The first kappa shape index (κ1) is 12.8. The lowest BCUT2D eigenvalue weighted by Crippen LogP contribution is -2.31. The lowest BCUT2D eigenvalue weighted by atomic mass is 10.2. The number of nitrogens with zero attached hydrogens (tertiary/aromatic N) is 1. The minimum Gasteiger partial charge on any atom is -0.375 e. The van der Waals surface area contributed by atoms with Crippen molar-refractivity contribution in [3.05, 3.63) is 24.3 Å². The van der Waals surface area contributed by atoms with Gasteiger partial charge in [-0.3, -0.25) is 4.79 Å². The van der Waals surface area contributed by atoms with Crippen LogP contribution < -0.4 is 10.6 Å². The van der Waals surface area contributed by atoms with Crippen molar-refractivity contribution in [2.24, 2.45) is 0 Å². The summed E-state index contributed by atoms with van der Waals surface area (Å²) in [4.78, 5) is 11.5. The van der Waals surface area contributed by atoms with Gasteiger partial charge in [0, 0.05) is 24.4 Å². The van der Waals surface area contributed by atoms with Gasteiger partial charge in [0.05, 0.1) is 5.52 Å². The molecule has 0 saturated heterocycles. The van der Waals surface area contributed by atoms with Gasteiger partial charge in [-0.2, -0.15) is 4.37 Å². The van der Waals surface area contributed by atoms with Crippen LogP contribution in [0.1, 0.15) is 20.3 Å². The maximum atomic E-state index is 11.5. The SMILES string of the molecule is CC(C)NC(=O)CCNc1snc2ccccc12. The molecule has 96 valence electrons. The highest BCUT2D eigenvalue weighted by Gasteiger charge is 2.06. The van der Waals surface area contributed by atoms with Gasteiger partial charge in [-0.15, -0.1) is 0 Å². The zero-order valence-electron chi connectivity index (χ0n) is 10.6. The summed E-state index contributed by atoms with van der Waals surface area (Å²) >= 11 is 1.44. The van der Waals surface area contributed by atoms with E-state index in [1.165, 1.54) is 11.5 Å². The number of hydrogen-bond acceptors (Lipinski definition) is 4. The summed E-state index contributed by atoms with van der Waals surface area (Å²) in [6.45, 7) is 4.55. The second-order valence-corrected chi connectivity index (χ2v) is 5.20. The van der Waals surface area contributed by atoms with Crippen molar-refractivity contribution in [3.8, 4) is 0 Å². The average molecular weight is 263 g/mol. The average Bonchev–Trinajstić information content (AvgIpc) is 2.72. The number of fused-ring (bicyclic) bond motifs is 1. The molecule has 0 radical (unpaired) electrons. The molecule has 2 rings (SSSR count). The van der Waals surface area contributed by atoms with E-state index < -0.39 is 0 Å². The Morgan fingerprint density at radius 2 is 2.17 bits per heavy atom. The summed E-state index contributed by atoms with van der Waals surface area (Å²) in [7, 11) is 0. The second-order valence-electron chi connectivity index (χ2n) is 4.43. The third kappa shape index (κ3) is 3.20. The molecule has 0 unspecified atom stereocenters. The number of carbonyl (C=O) groups is 1. The number of benzene rings is 1. The molecule has 1 aromatic carbocycles. The van der Waals surface area contributed by atoms with Gasteiger partial charge >= 0.3 is 0 Å². The topological polar surface area (TPSA) is 54.0 Å². The summed E-state index contributed by atoms with van der Waals surface area (Å²) < 4.78 is 4.34. The Kier molecular flexibility index (Phi) is 4.15. The van der Waals surface area contributed by atoms with E-state index in [2.05, 4.69) is 15.0 Å². The largest absolute Gasteiger partial charge is 0.375 e. The number of anilines is 1. The van der Waals surface area contributed by atoms with Gasteiger partial charge in [-0.1, -0.05) is 12.1 Å². The standard InChI is InChI=1S/C13H17N3OS/c1-9(2)15-12(17)7-8-14-13-10-5-3-4-6-11(10)16-18-13/h3-6,9,14H,7-8H2,1-2H3,(H,15,17). The highest BCUT2D eigenvalue weighted by atomic mass is 32.1. The van der Waals surface area contributed by atoms with Crippen LogP contribution in [0.3, 0.4) is 0 Å². The fourth-order valence-electron chi connectivity index (χ4n) is 1.70. The fourth-order valence-corrected chi connectivity index (χ4v) is 2.49. The number of aromatic nitrogens is 1. The van der Waals surface area contributed by atoms with Crippen LogP contribution in [0, 0.1) is 0 Å². The summed E-state index contributed by atoms with van der Waals surface area (Å²) in [5, 5.41) is 8.28. The van der Waals surface area contributed by atoms with Crippen molar-refractivity contribution >= 4 is 33.3 Å². The summed E-state index contributed by atoms with van der Waals surface area (Å²) in [5.74, 6) is 0.0753. The van der Waals surface area contributed by atoms with Crippen molar-refractivity contribution in [1.29, 1.82) is 0 Å². The first-order valence-corrected chi connectivity index (χ1v) is 6.82. The molecule has 1 heterocycles. The van der Waals surface area contributed by atoms with Gasteiger partial charge in [0.25, 0.3) is 0 Å². The molecule has 0 spiro atoms. The van der Waals surface area contributed by atoms with Crippen LogP contribution in [0.2, 0.25) is 0 Å². The minimum atomic E-state index is 0.0753. The molecule has 2 N–H and O–H groups in total. The summed E-state index contributed by atoms with van der Waals surface area (Å²) in [5.41, 5.74) is 0.997. The fraction of sp³-hybridized carbons (Fsp3) is 0.385. The molecule has 1 amide bonds. The number of rotatable bonds is 5. The van der Waals surface area contributed by atoms with Crippen LogP contribution >= 0.6 is 11.5 Å². The normalized spacial score (nSPS) is 10.8. The highest BCUT2D eigenvalue weighted by molar-refractivity contribution is 7.11. The molecule has 0 atom stereocenters. The van der Waals surface area contributed by atoms with Crippen LogP contribution in [0.4, 0.5) is 5.00 Å². The van der Waals surface area contributed by atoms with Gasteiger partial charge < -0.3 is 10.6 Å². The van der Waals surface area contributed by atoms with Crippen molar-refractivity contribution < 1.29 is 4.79 Å². The van der Waals surface area contributed by atoms with E-state index in [1.807, 2.05) is 38.1 Å². The Bertz CT molecular complexity index is 536. The molecule has 18 heavy (non-hydrogen) atoms. The quantitative estimate of drug-likeness (QED) is 0.872. The minimum absolute atomic E-state index is 0.0753. The van der Waals surface area contributed by atoms with Gasteiger partial charge in [0.15, 0.2) is 0 Å². The molecule has 0 fully saturated rings. The van der Waals surface area contributed by atoms with Crippen molar-refractivity contribution in [2.45, 2.75) is 26.3 Å².